The summed E-state index contributed by atoms with van der Waals surface area (Å²) in [7, 11) is 0. The number of hydrogen-bond donors (Lipinski definition) is 3. The second-order valence-electron chi connectivity index (χ2n) is 12.0. The fourth-order valence-electron chi connectivity index (χ4n) is 5.01. The fraction of sp³-hybridized carbons (Fsp3) is 0.400. The third-order valence-electron chi connectivity index (χ3n) is 7.18. The Morgan fingerprint density at radius 2 is 1.49 bits per heavy atom. The molecule has 0 saturated heterocycles. The Morgan fingerprint density at radius 1 is 0.884 bits per heavy atom. The molecule has 0 heterocycles. The number of aryl methyl sites for hydroxylation is 3. The molecule has 3 aromatic carbocycles. The molecule has 230 valence electrons. The molecule has 0 aliphatic carbocycles. The van der Waals surface area contributed by atoms with Crippen molar-refractivity contribution in [2.75, 3.05) is 11.9 Å². The number of aromatic hydroxyl groups is 1. The average molecular weight is 588 g/mol. The molecule has 0 aromatic heterocycles. The van der Waals surface area contributed by atoms with E-state index in [-0.39, 0.29) is 18.1 Å². The number of hydrogen-bond acceptors (Lipinski definition) is 5. The van der Waals surface area contributed by atoms with Gasteiger partial charge in [0.15, 0.2) is 0 Å². The number of anilines is 1. The maximum atomic E-state index is 14.6. The van der Waals surface area contributed by atoms with Crippen LogP contribution < -0.4 is 10.6 Å². The lowest BCUT2D eigenvalue weighted by Gasteiger charge is -2.36. The molecule has 3 aromatic rings. The fourth-order valence-corrected chi connectivity index (χ4v) is 5.01. The Bertz CT molecular complexity index is 1390. The Morgan fingerprint density at radius 3 is 2.07 bits per heavy atom. The maximum absolute atomic E-state index is 14.6. The number of rotatable bonds is 11. The molecule has 0 bridgehead atoms. The second-order valence-corrected chi connectivity index (χ2v) is 12.0. The van der Waals surface area contributed by atoms with Gasteiger partial charge in [-0.2, -0.15) is 0 Å². The standard InChI is InChI=1S/C35H45N3O5/c1-8-9-21-38(33(41)29(37-34(42)43-35(5,6)7)22-26-17-19-27(39)20-18-26)31(30-24(3)14-12-15-25(30)4)32(40)36-28-16-11-10-13-23(28)2/h10-20,29,31,39H,8-9,21-22H2,1-7H3,(H,36,40)(H,37,42). The van der Waals surface area contributed by atoms with Crippen molar-refractivity contribution in [2.24, 2.45) is 0 Å². The zero-order valence-corrected chi connectivity index (χ0v) is 26.4. The van der Waals surface area contributed by atoms with E-state index in [0.29, 0.717) is 18.7 Å². The number of benzene rings is 3. The number of unbranched alkanes of at least 4 members (excludes halogenated alkanes) is 1. The van der Waals surface area contributed by atoms with Crippen molar-refractivity contribution >= 4 is 23.6 Å². The first-order valence-electron chi connectivity index (χ1n) is 14.8. The number of phenolic OH excluding ortho intramolecular Hbond substituents is 1. The van der Waals surface area contributed by atoms with Gasteiger partial charge in [-0.3, -0.25) is 9.59 Å². The van der Waals surface area contributed by atoms with Gasteiger partial charge in [-0.05, 0) is 94.0 Å². The number of carbonyl (C=O) groups excluding carboxylic acids is 3. The molecule has 2 atom stereocenters. The lowest BCUT2D eigenvalue weighted by molar-refractivity contribution is -0.140. The number of alkyl carbamates (subject to hydrolysis) is 1. The third-order valence-corrected chi connectivity index (χ3v) is 7.18. The lowest BCUT2D eigenvalue weighted by Crippen LogP contribution is -2.53. The van der Waals surface area contributed by atoms with Crippen LogP contribution in [0.15, 0.2) is 66.7 Å². The van der Waals surface area contributed by atoms with Gasteiger partial charge in [-0.15, -0.1) is 0 Å². The molecule has 3 rings (SSSR count). The predicted octanol–water partition coefficient (Wildman–Crippen LogP) is 6.76. The predicted molar refractivity (Wildman–Crippen MR) is 170 cm³/mol. The lowest BCUT2D eigenvalue weighted by atomic mass is 9.92. The van der Waals surface area contributed by atoms with Crippen LogP contribution in [0.5, 0.6) is 5.75 Å². The van der Waals surface area contributed by atoms with Gasteiger partial charge in [-0.1, -0.05) is 61.9 Å². The number of nitrogens with zero attached hydrogens (tertiary/aromatic N) is 1. The molecule has 3 amide bonds. The highest BCUT2D eigenvalue weighted by atomic mass is 16.6. The van der Waals surface area contributed by atoms with Crippen molar-refractivity contribution in [1.29, 1.82) is 0 Å². The number of carbonyl (C=O) groups is 3. The largest absolute Gasteiger partial charge is 0.508 e. The zero-order chi connectivity index (χ0) is 31.7. The molecule has 0 fully saturated rings. The number of amides is 3. The second kappa shape index (κ2) is 14.7. The molecule has 8 nitrogen and oxygen atoms in total. The highest BCUT2D eigenvalue weighted by Crippen LogP contribution is 2.31. The van der Waals surface area contributed by atoms with Crippen LogP contribution in [-0.4, -0.2) is 46.1 Å². The van der Waals surface area contributed by atoms with E-state index in [1.165, 1.54) is 12.1 Å². The molecule has 43 heavy (non-hydrogen) atoms. The van der Waals surface area contributed by atoms with E-state index in [2.05, 4.69) is 10.6 Å². The Hall–Kier alpha value is -4.33. The summed E-state index contributed by atoms with van der Waals surface area (Å²) in [6.07, 6.45) is 0.862. The van der Waals surface area contributed by atoms with E-state index in [1.807, 2.05) is 70.2 Å². The molecule has 3 N–H and O–H groups in total. The minimum Gasteiger partial charge on any atom is -0.508 e. The first-order valence-corrected chi connectivity index (χ1v) is 14.8. The summed E-state index contributed by atoms with van der Waals surface area (Å²) in [5, 5.41) is 15.7. The first kappa shape index (κ1) is 33.2. The van der Waals surface area contributed by atoms with Crippen LogP contribution in [0.4, 0.5) is 10.5 Å². The molecular weight excluding hydrogens is 542 g/mol. The van der Waals surface area contributed by atoms with E-state index in [4.69, 9.17) is 4.74 Å². The Balaban J connectivity index is 2.12. The van der Waals surface area contributed by atoms with Crippen LogP contribution in [0.3, 0.4) is 0 Å². The van der Waals surface area contributed by atoms with Gasteiger partial charge in [0, 0.05) is 18.7 Å². The van der Waals surface area contributed by atoms with Crippen LogP contribution >= 0.6 is 0 Å². The van der Waals surface area contributed by atoms with E-state index >= 15 is 0 Å². The molecular formula is C35H45N3O5. The van der Waals surface area contributed by atoms with Gasteiger partial charge in [0.1, 0.15) is 23.4 Å². The summed E-state index contributed by atoms with van der Waals surface area (Å²) in [5.41, 5.74) is 4.04. The zero-order valence-electron chi connectivity index (χ0n) is 26.4. The van der Waals surface area contributed by atoms with Crippen molar-refractivity contribution in [1.82, 2.24) is 10.2 Å². The quantitative estimate of drug-likeness (QED) is 0.230. The van der Waals surface area contributed by atoms with E-state index in [9.17, 15) is 19.5 Å². The molecule has 8 heteroatoms. The number of phenols is 1. The summed E-state index contributed by atoms with van der Waals surface area (Å²) < 4.78 is 5.52. The van der Waals surface area contributed by atoms with Gasteiger partial charge >= 0.3 is 6.09 Å². The van der Waals surface area contributed by atoms with E-state index in [1.54, 1.807) is 37.8 Å². The topological polar surface area (TPSA) is 108 Å². The van der Waals surface area contributed by atoms with Gasteiger partial charge < -0.3 is 25.4 Å². The van der Waals surface area contributed by atoms with Gasteiger partial charge in [0.05, 0.1) is 0 Å². The minimum atomic E-state index is -1.03. The summed E-state index contributed by atoms with van der Waals surface area (Å²) in [6, 6.07) is 17.8. The van der Waals surface area contributed by atoms with Crippen molar-refractivity contribution in [3.8, 4) is 5.75 Å². The highest BCUT2D eigenvalue weighted by Gasteiger charge is 2.37. The summed E-state index contributed by atoms with van der Waals surface area (Å²) >= 11 is 0. The van der Waals surface area contributed by atoms with Crippen LogP contribution in [0.1, 0.15) is 74.4 Å². The molecule has 0 saturated carbocycles. The molecule has 0 spiro atoms. The van der Waals surface area contributed by atoms with Gasteiger partial charge in [-0.25, -0.2) is 4.79 Å². The number of ether oxygens (including phenoxy) is 1. The maximum Gasteiger partial charge on any atom is 0.408 e. The van der Waals surface area contributed by atoms with Crippen LogP contribution in [-0.2, 0) is 20.7 Å². The van der Waals surface area contributed by atoms with Crippen molar-refractivity contribution in [2.45, 2.75) is 85.4 Å². The smallest absolute Gasteiger partial charge is 0.408 e. The monoisotopic (exact) mass is 587 g/mol. The summed E-state index contributed by atoms with van der Waals surface area (Å²) in [6.45, 7) is 13.4. The first-order chi connectivity index (χ1) is 20.3. The summed E-state index contributed by atoms with van der Waals surface area (Å²) in [5.74, 6) is -0.643. The third kappa shape index (κ3) is 9.33. The molecule has 2 unspecified atom stereocenters. The van der Waals surface area contributed by atoms with Crippen molar-refractivity contribution in [3.05, 3.63) is 94.5 Å². The number of para-hydroxylation sites is 1. The van der Waals surface area contributed by atoms with Crippen molar-refractivity contribution < 1.29 is 24.2 Å². The van der Waals surface area contributed by atoms with Gasteiger partial charge in [0.25, 0.3) is 5.91 Å². The Kier molecular flexibility index (Phi) is 11.4. The van der Waals surface area contributed by atoms with Crippen LogP contribution in [0.2, 0.25) is 0 Å². The van der Waals surface area contributed by atoms with Crippen LogP contribution in [0, 0.1) is 20.8 Å². The average Bonchev–Trinajstić information content (AvgIpc) is 2.92. The van der Waals surface area contributed by atoms with Crippen molar-refractivity contribution in [3.63, 3.8) is 0 Å². The number of nitrogens with one attached hydrogen (secondary N) is 2. The SMILES string of the molecule is CCCCN(C(=O)C(Cc1ccc(O)cc1)NC(=O)OC(C)(C)C)C(C(=O)Nc1ccccc1C)c1c(C)cccc1C. The van der Waals surface area contributed by atoms with Crippen LogP contribution in [0.25, 0.3) is 0 Å². The molecule has 0 aliphatic heterocycles. The normalized spacial score (nSPS) is 12.6. The minimum absolute atomic E-state index is 0.0965. The molecule has 0 aliphatic rings. The van der Waals surface area contributed by atoms with E-state index < -0.39 is 29.7 Å². The molecule has 0 radical (unpaired) electrons. The highest BCUT2D eigenvalue weighted by molar-refractivity contribution is 5.99. The summed E-state index contributed by atoms with van der Waals surface area (Å²) in [4.78, 5) is 43.5. The Labute approximate surface area is 255 Å². The van der Waals surface area contributed by atoms with E-state index in [0.717, 1.165) is 34.2 Å². The van der Waals surface area contributed by atoms with Gasteiger partial charge in [0.2, 0.25) is 5.91 Å².